The molecule has 2 N–H and O–H groups in total. The number of piperidine rings is 1. The Morgan fingerprint density at radius 3 is 2.62 bits per heavy atom. The molecule has 0 bridgehead atoms. The lowest BCUT2D eigenvalue weighted by atomic mass is 9.78. The van der Waals surface area contributed by atoms with Crippen molar-refractivity contribution >= 4 is 23.4 Å². The third-order valence-electron chi connectivity index (χ3n) is 7.39. The molecule has 2 amide bonds. The van der Waals surface area contributed by atoms with Crippen molar-refractivity contribution in [3.05, 3.63) is 23.8 Å². The smallest absolute Gasteiger partial charge is 0.418 e. The first-order valence-electron chi connectivity index (χ1n) is 12.0. The summed E-state index contributed by atoms with van der Waals surface area (Å²) in [6, 6.07) is 3.82. The Kier molecular flexibility index (Phi) is 6.98. The lowest BCUT2D eigenvalue weighted by Crippen LogP contribution is -2.50. The summed E-state index contributed by atoms with van der Waals surface area (Å²) in [4.78, 5) is 28.8. The number of halogens is 3. The maximum absolute atomic E-state index is 14.0. The van der Waals surface area contributed by atoms with Gasteiger partial charge in [0.25, 0.3) is 0 Å². The number of benzene rings is 1. The summed E-state index contributed by atoms with van der Waals surface area (Å²) in [5.74, 6) is 0.0350. The molecule has 2 aliphatic heterocycles. The minimum atomic E-state index is -4.62. The number of ether oxygens (including phenoxy) is 1. The summed E-state index contributed by atoms with van der Waals surface area (Å²) < 4.78 is 46.7. The number of hydrogen-bond donors (Lipinski definition) is 2. The Labute approximate surface area is 197 Å². The number of nitrogens with zero attached hydrogens (tertiary/aromatic N) is 2. The molecule has 3 fully saturated rings. The fourth-order valence-corrected chi connectivity index (χ4v) is 5.68. The molecule has 0 aromatic heterocycles. The Morgan fingerprint density at radius 2 is 1.94 bits per heavy atom. The van der Waals surface area contributed by atoms with E-state index in [1.54, 1.807) is 11.8 Å². The third kappa shape index (κ3) is 4.96. The number of carbonyl (C=O) groups excluding carboxylic acids is 2. The number of amides is 2. The van der Waals surface area contributed by atoms with Gasteiger partial charge in [0, 0.05) is 37.1 Å². The average Bonchev–Trinajstić information content (AvgIpc) is 3.09. The van der Waals surface area contributed by atoms with Gasteiger partial charge in [-0.2, -0.15) is 13.2 Å². The van der Waals surface area contributed by atoms with Crippen LogP contribution in [0.4, 0.5) is 29.3 Å². The van der Waals surface area contributed by atoms with Crippen LogP contribution in [-0.2, 0) is 15.7 Å². The zero-order valence-electron chi connectivity index (χ0n) is 19.4. The first-order chi connectivity index (χ1) is 16.1. The molecule has 2 saturated heterocycles. The molecule has 3 aliphatic rings. The third-order valence-corrected chi connectivity index (χ3v) is 7.39. The normalized spacial score (nSPS) is 27.9. The average molecular weight is 484 g/mol. The highest BCUT2D eigenvalue weighted by molar-refractivity contribution is 5.87. The molecule has 7 nitrogen and oxygen atoms in total. The van der Waals surface area contributed by atoms with E-state index in [9.17, 15) is 27.9 Å². The molecule has 1 aromatic rings. The van der Waals surface area contributed by atoms with Gasteiger partial charge in [-0.1, -0.05) is 0 Å². The number of hydrogen-bond acceptors (Lipinski definition) is 5. The standard InChI is InChI=1S/C24H32F3N3O4/c1-2-34-22(33)28-16-4-9-20(19(14-16)24(25,26)27)29-12-3-10-23(15-29)11-13-30(21(23)32)17-5-7-18(31)8-6-17/h4,9,14,17-18,31H,2-3,5-8,10-13,15H2,1H3,(H,28,33)/t17-,18-,23-/m1/s1. The van der Waals surface area contributed by atoms with Crippen molar-refractivity contribution in [2.75, 3.05) is 36.5 Å². The summed E-state index contributed by atoms with van der Waals surface area (Å²) in [7, 11) is 0. The first-order valence-corrected chi connectivity index (χ1v) is 12.0. The fraction of sp³-hybridized carbons (Fsp3) is 0.667. The summed E-state index contributed by atoms with van der Waals surface area (Å²) in [5.41, 5.74) is -1.50. The molecule has 0 radical (unpaired) electrons. The fourth-order valence-electron chi connectivity index (χ4n) is 5.68. The number of nitrogens with one attached hydrogen (secondary N) is 1. The maximum atomic E-state index is 14.0. The predicted octanol–water partition coefficient (Wildman–Crippen LogP) is 4.40. The number of aliphatic hydroxyl groups is 1. The van der Waals surface area contributed by atoms with E-state index in [2.05, 4.69) is 5.32 Å². The molecule has 1 atom stereocenters. The predicted molar refractivity (Wildman–Crippen MR) is 121 cm³/mol. The van der Waals surface area contributed by atoms with Crippen LogP contribution in [0.5, 0.6) is 0 Å². The number of rotatable bonds is 4. The van der Waals surface area contributed by atoms with E-state index in [1.165, 1.54) is 12.1 Å². The van der Waals surface area contributed by atoms with Crippen LogP contribution in [0.15, 0.2) is 18.2 Å². The monoisotopic (exact) mass is 483 g/mol. The van der Waals surface area contributed by atoms with E-state index < -0.39 is 23.2 Å². The van der Waals surface area contributed by atoms with Gasteiger partial charge in [-0.3, -0.25) is 10.1 Å². The van der Waals surface area contributed by atoms with Crippen LogP contribution < -0.4 is 10.2 Å². The second kappa shape index (κ2) is 9.64. The zero-order valence-corrected chi connectivity index (χ0v) is 19.4. The Hall–Kier alpha value is -2.49. The molecule has 1 aliphatic carbocycles. The topological polar surface area (TPSA) is 82.1 Å². The van der Waals surface area contributed by atoms with Crippen LogP contribution in [0.2, 0.25) is 0 Å². The molecule has 34 heavy (non-hydrogen) atoms. The van der Waals surface area contributed by atoms with E-state index in [0.717, 1.165) is 18.9 Å². The molecule has 1 aromatic carbocycles. The molecule has 1 saturated carbocycles. The molecule has 0 unspecified atom stereocenters. The van der Waals surface area contributed by atoms with Crippen LogP contribution in [0.3, 0.4) is 0 Å². The summed E-state index contributed by atoms with van der Waals surface area (Å²) in [6.45, 7) is 3.00. The molecule has 4 rings (SSSR count). The largest absolute Gasteiger partial charge is 0.450 e. The van der Waals surface area contributed by atoms with Crippen LogP contribution in [0.25, 0.3) is 0 Å². The summed E-state index contributed by atoms with van der Waals surface area (Å²) in [5, 5.41) is 12.1. The van der Waals surface area contributed by atoms with E-state index in [0.29, 0.717) is 45.2 Å². The van der Waals surface area contributed by atoms with Crippen LogP contribution >= 0.6 is 0 Å². The highest BCUT2D eigenvalue weighted by Crippen LogP contribution is 2.46. The van der Waals surface area contributed by atoms with Gasteiger partial charge in [0.15, 0.2) is 0 Å². The number of likely N-dealkylation sites (tertiary alicyclic amines) is 1. The van der Waals surface area contributed by atoms with Crippen molar-refractivity contribution < 1.29 is 32.6 Å². The number of carbonyl (C=O) groups is 2. The lowest BCUT2D eigenvalue weighted by Gasteiger charge is -2.42. The van der Waals surface area contributed by atoms with Gasteiger partial charge in [-0.25, -0.2) is 4.79 Å². The van der Waals surface area contributed by atoms with Crippen molar-refractivity contribution in [1.29, 1.82) is 0 Å². The number of aliphatic hydroxyl groups excluding tert-OH is 1. The van der Waals surface area contributed by atoms with Crippen molar-refractivity contribution in [3.63, 3.8) is 0 Å². The summed E-state index contributed by atoms with van der Waals surface area (Å²) >= 11 is 0. The van der Waals surface area contributed by atoms with Gasteiger partial charge in [0.05, 0.1) is 23.7 Å². The maximum Gasteiger partial charge on any atom is 0.418 e. The quantitative estimate of drug-likeness (QED) is 0.664. The van der Waals surface area contributed by atoms with Gasteiger partial charge in [-0.05, 0) is 70.1 Å². The van der Waals surface area contributed by atoms with Gasteiger partial charge in [0.1, 0.15) is 0 Å². The highest BCUT2D eigenvalue weighted by atomic mass is 19.4. The summed E-state index contributed by atoms with van der Waals surface area (Å²) in [6.07, 6.45) is -0.946. The molecule has 188 valence electrons. The van der Waals surface area contributed by atoms with Crippen LogP contribution in [-0.4, -0.2) is 60.4 Å². The molecular weight excluding hydrogens is 451 g/mol. The Bertz CT molecular complexity index is 917. The van der Waals surface area contributed by atoms with Crippen LogP contribution in [0.1, 0.15) is 57.4 Å². The van der Waals surface area contributed by atoms with Gasteiger partial charge in [0.2, 0.25) is 5.91 Å². The van der Waals surface area contributed by atoms with Gasteiger partial charge >= 0.3 is 12.3 Å². The first kappa shape index (κ1) is 24.6. The molecule has 2 heterocycles. The van der Waals surface area contributed by atoms with Crippen molar-refractivity contribution in [1.82, 2.24) is 4.90 Å². The SMILES string of the molecule is CCOC(=O)Nc1ccc(N2CCC[C@@]3(CCN([C@H]4CC[C@H](O)CC4)C3=O)C2)c(C(F)(F)F)c1. The second-order valence-electron chi connectivity index (χ2n) is 9.59. The van der Waals surface area contributed by atoms with Crippen molar-refractivity contribution in [3.8, 4) is 0 Å². The molecule has 10 heteroatoms. The Morgan fingerprint density at radius 1 is 1.21 bits per heavy atom. The minimum Gasteiger partial charge on any atom is -0.450 e. The zero-order chi connectivity index (χ0) is 24.5. The number of anilines is 2. The lowest BCUT2D eigenvalue weighted by molar-refractivity contribution is -0.139. The van der Waals surface area contributed by atoms with Crippen molar-refractivity contribution in [2.45, 2.75) is 70.2 Å². The van der Waals surface area contributed by atoms with Crippen LogP contribution in [0, 0.1) is 5.41 Å². The Balaban J connectivity index is 1.54. The molecule has 1 spiro atoms. The highest BCUT2D eigenvalue weighted by Gasteiger charge is 2.51. The van der Waals surface area contributed by atoms with E-state index >= 15 is 0 Å². The van der Waals surface area contributed by atoms with E-state index in [1.807, 2.05) is 4.90 Å². The molecular formula is C24H32F3N3O4. The van der Waals surface area contributed by atoms with E-state index in [4.69, 9.17) is 4.74 Å². The van der Waals surface area contributed by atoms with Crippen molar-refractivity contribution in [2.24, 2.45) is 5.41 Å². The van der Waals surface area contributed by atoms with Gasteiger partial charge < -0.3 is 19.6 Å². The number of alkyl halides is 3. The van der Waals surface area contributed by atoms with Gasteiger partial charge in [-0.15, -0.1) is 0 Å². The second-order valence-corrected chi connectivity index (χ2v) is 9.59. The van der Waals surface area contributed by atoms with E-state index in [-0.39, 0.29) is 42.6 Å². The minimum absolute atomic E-state index is 0.00357.